The zero-order chi connectivity index (χ0) is 11.5. The molecule has 0 aliphatic carbocycles. The maximum Gasteiger partial charge on any atom is 0.243 e. The molecule has 2 atom stereocenters. The number of nitrogens with two attached hydrogens (primary N) is 1. The fourth-order valence-electron chi connectivity index (χ4n) is 1.67. The molecule has 0 saturated carbocycles. The first kappa shape index (κ1) is 11.9. The highest BCUT2D eigenvalue weighted by molar-refractivity contribution is 7.99. The predicted octanol–water partition coefficient (Wildman–Crippen LogP) is 1.20. The van der Waals surface area contributed by atoms with Gasteiger partial charge in [-0.15, -0.1) is 0 Å². The van der Waals surface area contributed by atoms with Gasteiger partial charge in [0.1, 0.15) is 0 Å². The Morgan fingerprint density at radius 3 is 3.19 bits per heavy atom. The van der Waals surface area contributed by atoms with Gasteiger partial charge in [0.25, 0.3) is 0 Å². The van der Waals surface area contributed by atoms with Crippen LogP contribution in [0.4, 0.5) is 0 Å². The maximum absolute atomic E-state index is 5.86. The van der Waals surface area contributed by atoms with E-state index in [1.807, 2.05) is 18.7 Å². The van der Waals surface area contributed by atoms with Gasteiger partial charge in [0.2, 0.25) is 5.89 Å². The molecule has 1 unspecified atom stereocenters. The third kappa shape index (κ3) is 2.39. The molecule has 2 heterocycles. The van der Waals surface area contributed by atoms with Crippen molar-refractivity contribution in [2.24, 2.45) is 5.73 Å². The van der Waals surface area contributed by atoms with Crippen LogP contribution in [0.2, 0.25) is 0 Å². The first-order valence-corrected chi connectivity index (χ1v) is 6.75. The van der Waals surface area contributed by atoms with E-state index in [0.717, 1.165) is 24.5 Å². The van der Waals surface area contributed by atoms with E-state index in [1.54, 1.807) is 0 Å². The lowest BCUT2D eigenvalue weighted by Crippen LogP contribution is -2.33. The normalized spacial score (nSPS) is 24.6. The molecule has 1 aromatic rings. The van der Waals surface area contributed by atoms with Crippen molar-refractivity contribution in [3.8, 4) is 0 Å². The second kappa shape index (κ2) is 5.16. The van der Waals surface area contributed by atoms with E-state index in [0.29, 0.717) is 5.89 Å². The van der Waals surface area contributed by atoms with Crippen LogP contribution in [0.15, 0.2) is 4.52 Å². The highest BCUT2D eigenvalue weighted by atomic mass is 32.2. The summed E-state index contributed by atoms with van der Waals surface area (Å²) in [4.78, 5) is 6.66. The van der Waals surface area contributed by atoms with E-state index < -0.39 is 0 Å². The molecule has 1 aromatic heterocycles. The standard InChI is InChI=1S/C10H18N4OS/c1-3-7(11)10-12-9(13-15-10)8-6-16-5-4-14(8)2/h7-8H,3-6,11H2,1-2H3/t7-,8?/m1/s1. The van der Waals surface area contributed by atoms with Gasteiger partial charge in [-0.2, -0.15) is 16.7 Å². The van der Waals surface area contributed by atoms with Crippen molar-refractivity contribution < 1.29 is 4.52 Å². The summed E-state index contributed by atoms with van der Waals surface area (Å²) in [6.45, 7) is 3.08. The van der Waals surface area contributed by atoms with Crippen LogP contribution in [0.3, 0.4) is 0 Å². The second-order valence-corrected chi connectivity index (χ2v) is 5.23. The van der Waals surface area contributed by atoms with Gasteiger partial charge in [-0.3, -0.25) is 4.90 Å². The highest BCUT2D eigenvalue weighted by Crippen LogP contribution is 2.26. The number of hydrogen-bond acceptors (Lipinski definition) is 6. The number of nitrogens with zero attached hydrogens (tertiary/aromatic N) is 3. The third-order valence-corrected chi connectivity index (χ3v) is 3.93. The van der Waals surface area contributed by atoms with Crippen LogP contribution in [0, 0.1) is 0 Å². The largest absolute Gasteiger partial charge is 0.338 e. The van der Waals surface area contributed by atoms with Gasteiger partial charge in [0.15, 0.2) is 5.82 Å². The Morgan fingerprint density at radius 1 is 1.69 bits per heavy atom. The Balaban J connectivity index is 2.11. The van der Waals surface area contributed by atoms with Gasteiger partial charge in [0.05, 0.1) is 12.1 Å². The zero-order valence-electron chi connectivity index (χ0n) is 9.72. The second-order valence-electron chi connectivity index (χ2n) is 4.08. The van der Waals surface area contributed by atoms with Gasteiger partial charge in [0, 0.05) is 18.1 Å². The molecule has 1 aliphatic rings. The van der Waals surface area contributed by atoms with E-state index in [-0.39, 0.29) is 12.1 Å². The van der Waals surface area contributed by atoms with Crippen LogP contribution in [0.1, 0.15) is 37.1 Å². The quantitative estimate of drug-likeness (QED) is 0.859. The van der Waals surface area contributed by atoms with Gasteiger partial charge >= 0.3 is 0 Å². The van der Waals surface area contributed by atoms with Crippen molar-refractivity contribution in [1.82, 2.24) is 15.0 Å². The van der Waals surface area contributed by atoms with Crippen molar-refractivity contribution in [2.75, 3.05) is 25.1 Å². The lowest BCUT2D eigenvalue weighted by Gasteiger charge is -2.29. The molecular formula is C10H18N4OS. The highest BCUT2D eigenvalue weighted by Gasteiger charge is 2.26. The van der Waals surface area contributed by atoms with Gasteiger partial charge in [-0.25, -0.2) is 0 Å². The van der Waals surface area contributed by atoms with Crippen molar-refractivity contribution in [2.45, 2.75) is 25.4 Å². The summed E-state index contributed by atoms with van der Waals surface area (Å²) in [5, 5.41) is 4.04. The predicted molar refractivity (Wildman–Crippen MR) is 64.2 cm³/mol. The van der Waals surface area contributed by atoms with Crippen LogP contribution in [0.25, 0.3) is 0 Å². The van der Waals surface area contributed by atoms with Gasteiger partial charge < -0.3 is 10.3 Å². The van der Waals surface area contributed by atoms with Crippen molar-refractivity contribution in [3.63, 3.8) is 0 Å². The minimum absolute atomic E-state index is 0.136. The summed E-state index contributed by atoms with van der Waals surface area (Å²) in [6, 6.07) is 0.128. The molecule has 0 radical (unpaired) electrons. The molecule has 1 aliphatic heterocycles. The lowest BCUT2D eigenvalue weighted by molar-refractivity contribution is 0.256. The Kier molecular flexibility index (Phi) is 3.83. The van der Waals surface area contributed by atoms with Crippen molar-refractivity contribution in [3.05, 3.63) is 11.7 Å². The van der Waals surface area contributed by atoms with E-state index in [4.69, 9.17) is 10.3 Å². The van der Waals surface area contributed by atoms with Crippen LogP contribution in [0.5, 0.6) is 0 Å². The molecule has 5 nitrogen and oxygen atoms in total. The monoisotopic (exact) mass is 242 g/mol. The molecule has 2 rings (SSSR count). The van der Waals surface area contributed by atoms with Crippen LogP contribution in [-0.2, 0) is 0 Å². The minimum Gasteiger partial charge on any atom is -0.338 e. The molecule has 1 saturated heterocycles. The average Bonchev–Trinajstić information content (AvgIpc) is 2.78. The fourth-order valence-corrected chi connectivity index (χ4v) is 2.88. The van der Waals surface area contributed by atoms with Gasteiger partial charge in [-0.05, 0) is 13.5 Å². The molecule has 1 fully saturated rings. The zero-order valence-corrected chi connectivity index (χ0v) is 10.5. The Morgan fingerprint density at radius 2 is 2.50 bits per heavy atom. The topological polar surface area (TPSA) is 68.2 Å². The molecule has 0 bridgehead atoms. The van der Waals surface area contributed by atoms with Gasteiger partial charge in [-0.1, -0.05) is 12.1 Å². The number of aromatic nitrogens is 2. The first-order chi connectivity index (χ1) is 7.72. The minimum atomic E-state index is -0.136. The first-order valence-electron chi connectivity index (χ1n) is 5.59. The molecule has 0 spiro atoms. The molecule has 16 heavy (non-hydrogen) atoms. The molecule has 2 N–H and O–H groups in total. The van der Waals surface area contributed by atoms with Crippen LogP contribution < -0.4 is 5.73 Å². The van der Waals surface area contributed by atoms with Crippen LogP contribution in [-0.4, -0.2) is 40.1 Å². The molecule has 0 aromatic carbocycles. The van der Waals surface area contributed by atoms with Crippen molar-refractivity contribution in [1.29, 1.82) is 0 Å². The average molecular weight is 242 g/mol. The van der Waals surface area contributed by atoms with E-state index in [2.05, 4.69) is 22.1 Å². The fraction of sp³-hybridized carbons (Fsp3) is 0.800. The summed E-state index contributed by atoms with van der Waals surface area (Å²) in [6.07, 6.45) is 0.816. The molecule has 6 heteroatoms. The van der Waals surface area contributed by atoms with E-state index >= 15 is 0 Å². The number of hydrogen-bond donors (Lipinski definition) is 1. The molecule has 0 amide bonds. The Hall–Kier alpha value is -0.590. The van der Waals surface area contributed by atoms with E-state index in [9.17, 15) is 0 Å². The Bertz CT molecular complexity index is 343. The van der Waals surface area contributed by atoms with E-state index in [1.165, 1.54) is 5.75 Å². The Labute approximate surface area is 99.8 Å². The molecule has 90 valence electrons. The summed E-state index contributed by atoms with van der Waals surface area (Å²) in [5.41, 5.74) is 5.86. The summed E-state index contributed by atoms with van der Waals surface area (Å²) < 4.78 is 5.20. The lowest BCUT2D eigenvalue weighted by atomic mass is 10.2. The molecular weight excluding hydrogens is 224 g/mol. The summed E-state index contributed by atoms with van der Waals surface area (Å²) >= 11 is 1.93. The summed E-state index contributed by atoms with van der Waals surface area (Å²) in [5.74, 6) is 3.53. The number of rotatable bonds is 3. The number of thioether (sulfide) groups is 1. The summed E-state index contributed by atoms with van der Waals surface area (Å²) in [7, 11) is 2.10. The third-order valence-electron chi connectivity index (χ3n) is 2.91. The van der Waals surface area contributed by atoms with Crippen molar-refractivity contribution >= 4 is 11.8 Å². The smallest absolute Gasteiger partial charge is 0.243 e. The SMILES string of the molecule is CC[C@@H](N)c1nc(C2CSCCN2C)no1. The maximum atomic E-state index is 5.86. The van der Waals surface area contributed by atoms with Crippen LogP contribution >= 0.6 is 11.8 Å².